The molecule has 1 atom stereocenters. The maximum Gasteiger partial charge on any atom is 0.222 e. The first-order valence-corrected chi connectivity index (χ1v) is 8.31. The zero-order chi connectivity index (χ0) is 17.2. The summed E-state index contributed by atoms with van der Waals surface area (Å²) in [5.41, 5.74) is 0. The zero-order valence-corrected chi connectivity index (χ0v) is 13.8. The second-order valence-corrected chi connectivity index (χ2v) is 5.76. The summed E-state index contributed by atoms with van der Waals surface area (Å²) in [4.78, 5) is 13.8. The first kappa shape index (κ1) is 18.5. The molecule has 1 heterocycles. The maximum atomic E-state index is 11.9. The molecular weight excluding hydrogens is 312 g/mol. The SMILES string of the molecule is O=C(CCCNC[C@H](O)COc1ccc(O)cc1)N1CCOCC1. The van der Waals surface area contributed by atoms with E-state index < -0.39 is 6.10 Å². The van der Waals surface area contributed by atoms with Crippen LogP contribution in [0.5, 0.6) is 11.5 Å². The number of morpholine rings is 1. The number of carbonyl (C=O) groups is 1. The van der Waals surface area contributed by atoms with Crippen molar-refractivity contribution in [2.24, 2.45) is 0 Å². The third-order valence-electron chi connectivity index (χ3n) is 3.77. The Bertz CT molecular complexity index is 488. The van der Waals surface area contributed by atoms with Gasteiger partial charge in [0, 0.05) is 26.1 Å². The van der Waals surface area contributed by atoms with Crippen molar-refractivity contribution in [3.05, 3.63) is 24.3 Å². The molecule has 1 amide bonds. The minimum atomic E-state index is -0.631. The molecule has 1 aliphatic heterocycles. The van der Waals surface area contributed by atoms with E-state index in [0.717, 1.165) is 6.42 Å². The summed E-state index contributed by atoms with van der Waals surface area (Å²) in [7, 11) is 0. The number of hydrogen-bond donors (Lipinski definition) is 3. The number of aromatic hydroxyl groups is 1. The summed E-state index contributed by atoms with van der Waals surface area (Å²) in [5, 5.41) is 22.1. The summed E-state index contributed by atoms with van der Waals surface area (Å²) in [6.45, 7) is 3.86. The summed E-state index contributed by atoms with van der Waals surface area (Å²) in [5.74, 6) is 0.940. The van der Waals surface area contributed by atoms with Crippen molar-refractivity contribution in [3.63, 3.8) is 0 Å². The smallest absolute Gasteiger partial charge is 0.222 e. The van der Waals surface area contributed by atoms with Gasteiger partial charge in [-0.05, 0) is 37.2 Å². The lowest BCUT2D eigenvalue weighted by Gasteiger charge is -2.26. The van der Waals surface area contributed by atoms with Gasteiger partial charge in [0.2, 0.25) is 5.91 Å². The third kappa shape index (κ3) is 6.74. The number of phenols is 1. The van der Waals surface area contributed by atoms with Crippen LogP contribution in [0.1, 0.15) is 12.8 Å². The lowest BCUT2D eigenvalue weighted by molar-refractivity contribution is -0.135. The number of amides is 1. The molecule has 7 heteroatoms. The first-order valence-electron chi connectivity index (χ1n) is 8.31. The molecule has 7 nitrogen and oxygen atoms in total. The Morgan fingerprint density at radius 2 is 2.00 bits per heavy atom. The summed E-state index contributed by atoms with van der Waals surface area (Å²) >= 11 is 0. The number of ether oxygens (including phenoxy) is 2. The molecule has 0 saturated carbocycles. The van der Waals surface area contributed by atoms with Crippen LogP contribution in [0, 0.1) is 0 Å². The average Bonchev–Trinajstić information content (AvgIpc) is 2.61. The fraction of sp³-hybridized carbons (Fsp3) is 0.588. The van der Waals surface area contributed by atoms with E-state index >= 15 is 0 Å². The van der Waals surface area contributed by atoms with Crippen LogP contribution < -0.4 is 10.1 Å². The van der Waals surface area contributed by atoms with Crippen molar-refractivity contribution in [2.45, 2.75) is 18.9 Å². The number of phenolic OH excluding ortho intramolecular Hbond substituents is 1. The van der Waals surface area contributed by atoms with Gasteiger partial charge in [-0.15, -0.1) is 0 Å². The average molecular weight is 338 g/mol. The topological polar surface area (TPSA) is 91.3 Å². The molecule has 1 saturated heterocycles. The number of carbonyl (C=O) groups excluding carboxylic acids is 1. The predicted octanol–water partition coefficient (Wildman–Crippen LogP) is 0.360. The molecule has 1 fully saturated rings. The third-order valence-corrected chi connectivity index (χ3v) is 3.77. The Hall–Kier alpha value is -1.83. The fourth-order valence-corrected chi connectivity index (χ4v) is 2.40. The van der Waals surface area contributed by atoms with Gasteiger partial charge >= 0.3 is 0 Å². The van der Waals surface area contributed by atoms with Crippen molar-refractivity contribution < 1.29 is 24.5 Å². The molecule has 134 valence electrons. The maximum absolute atomic E-state index is 11.9. The molecule has 0 radical (unpaired) electrons. The van der Waals surface area contributed by atoms with Crippen molar-refractivity contribution in [1.82, 2.24) is 10.2 Å². The van der Waals surface area contributed by atoms with Crippen LogP contribution in [0.2, 0.25) is 0 Å². The molecular formula is C17H26N2O5. The molecule has 2 rings (SSSR count). The van der Waals surface area contributed by atoms with Crippen LogP contribution >= 0.6 is 0 Å². The van der Waals surface area contributed by atoms with Gasteiger partial charge in [0.1, 0.15) is 24.2 Å². The highest BCUT2D eigenvalue weighted by molar-refractivity contribution is 5.76. The Labute approximate surface area is 142 Å². The van der Waals surface area contributed by atoms with E-state index in [-0.39, 0.29) is 18.3 Å². The number of rotatable bonds is 9. The molecule has 0 bridgehead atoms. The second kappa shape index (κ2) is 10.1. The lowest BCUT2D eigenvalue weighted by atomic mass is 10.2. The number of nitrogens with one attached hydrogen (secondary N) is 1. The second-order valence-electron chi connectivity index (χ2n) is 5.76. The Morgan fingerprint density at radius 1 is 1.29 bits per heavy atom. The van der Waals surface area contributed by atoms with E-state index in [0.29, 0.717) is 51.6 Å². The minimum absolute atomic E-state index is 0.163. The van der Waals surface area contributed by atoms with Crippen LogP contribution in [-0.4, -0.2) is 73.1 Å². The highest BCUT2D eigenvalue weighted by Gasteiger charge is 2.15. The van der Waals surface area contributed by atoms with Gasteiger partial charge in [0.25, 0.3) is 0 Å². The molecule has 0 aliphatic carbocycles. The highest BCUT2D eigenvalue weighted by atomic mass is 16.5. The number of nitrogens with zero attached hydrogens (tertiary/aromatic N) is 1. The molecule has 1 aromatic carbocycles. The van der Waals surface area contributed by atoms with Gasteiger partial charge in [-0.25, -0.2) is 0 Å². The monoisotopic (exact) mass is 338 g/mol. The summed E-state index contributed by atoms with van der Waals surface area (Å²) in [6.07, 6.45) is 0.614. The Morgan fingerprint density at radius 3 is 2.71 bits per heavy atom. The predicted molar refractivity (Wildman–Crippen MR) is 89.1 cm³/mol. The number of aliphatic hydroxyl groups excluding tert-OH is 1. The molecule has 3 N–H and O–H groups in total. The lowest BCUT2D eigenvalue weighted by Crippen LogP contribution is -2.41. The van der Waals surface area contributed by atoms with Gasteiger partial charge in [-0.3, -0.25) is 4.79 Å². The quantitative estimate of drug-likeness (QED) is 0.563. The standard InChI is InChI=1S/C17H26N2O5/c20-14-3-5-16(6-4-14)24-13-15(21)12-18-7-1-2-17(22)19-8-10-23-11-9-19/h3-6,15,18,20-21H,1-2,7-13H2/t15-/m0/s1. The molecule has 0 aromatic heterocycles. The van der Waals surface area contributed by atoms with E-state index in [1.807, 2.05) is 4.90 Å². The zero-order valence-electron chi connectivity index (χ0n) is 13.8. The molecule has 0 unspecified atom stereocenters. The minimum Gasteiger partial charge on any atom is -0.508 e. The van der Waals surface area contributed by atoms with E-state index in [1.165, 1.54) is 12.1 Å². The van der Waals surface area contributed by atoms with Crippen molar-refractivity contribution in [1.29, 1.82) is 0 Å². The number of hydrogen-bond acceptors (Lipinski definition) is 6. The summed E-state index contributed by atoms with van der Waals surface area (Å²) in [6, 6.07) is 6.36. The molecule has 1 aliphatic rings. The van der Waals surface area contributed by atoms with Crippen LogP contribution in [0.15, 0.2) is 24.3 Å². The molecule has 24 heavy (non-hydrogen) atoms. The van der Waals surface area contributed by atoms with Crippen LogP contribution in [0.3, 0.4) is 0 Å². The fourth-order valence-electron chi connectivity index (χ4n) is 2.40. The summed E-state index contributed by atoms with van der Waals surface area (Å²) < 4.78 is 10.6. The van der Waals surface area contributed by atoms with E-state index in [2.05, 4.69) is 5.32 Å². The Balaban J connectivity index is 1.50. The Kier molecular flexibility index (Phi) is 7.81. The first-order chi connectivity index (χ1) is 11.6. The van der Waals surface area contributed by atoms with Crippen molar-refractivity contribution >= 4 is 5.91 Å². The normalized spacial score (nSPS) is 16.0. The van der Waals surface area contributed by atoms with Gasteiger partial charge in [-0.2, -0.15) is 0 Å². The van der Waals surface area contributed by atoms with Crippen molar-refractivity contribution in [2.75, 3.05) is 46.0 Å². The van der Waals surface area contributed by atoms with Gasteiger partial charge in [0.05, 0.1) is 13.2 Å². The van der Waals surface area contributed by atoms with E-state index in [4.69, 9.17) is 9.47 Å². The van der Waals surface area contributed by atoms with E-state index in [9.17, 15) is 15.0 Å². The van der Waals surface area contributed by atoms with Crippen LogP contribution in [0.4, 0.5) is 0 Å². The highest BCUT2D eigenvalue weighted by Crippen LogP contribution is 2.15. The molecule has 0 spiro atoms. The van der Waals surface area contributed by atoms with Crippen LogP contribution in [-0.2, 0) is 9.53 Å². The van der Waals surface area contributed by atoms with Crippen molar-refractivity contribution in [3.8, 4) is 11.5 Å². The van der Waals surface area contributed by atoms with Gasteiger partial charge in [-0.1, -0.05) is 0 Å². The largest absolute Gasteiger partial charge is 0.508 e. The number of aliphatic hydroxyl groups is 1. The van der Waals surface area contributed by atoms with Crippen LogP contribution in [0.25, 0.3) is 0 Å². The van der Waals surface area contributed by atoms with Gasteiger partial charge in [0.15, 0.2) is 0 Å². The van der Waals surface area contributed by atoms with E-state index in [1.54, 1.807) is 12.1 Å². The molecule has 1 aromatic rings. The number of benzene rings is 1. The van der Waals surface area contributed by atoms with Gasteiger partial charge < -0.3 is 29.9 Å².